The van der Waals surface area contributed by atoms with Gasteiger partial charge in [-0.25, -0.2) is 0 Å². The highest BCUT2D eigenvalue weighted by atomic mass is 16.6. The lowest BCUT2D eigenvalue weighted by Crippen LogP contribution is -2.30. The number of esters is 3. The predicted molar refractivity (Wildman–Crippen MR) is 256 cm³/mol. The summed E-state index contributed by atoms with van der Waals surface area (Å²) < 4.78 is 16.7. The van der Waals surface area contributed by atoms with Crippen molar-refractivity contribution in [3.05, 3.63) is 36.5 Å². The number of hydrogen-bond donors (Lipinski definition) is 0. The number of unbranched alkanes of at least 4 members (excludes halogenated alkanes) is 30. The van der Waals surface area contributed by atoms with E-state index < -0.39 is 6.10 Å². The van der Waals surface area contributed by atoms with E-state index >= 15 is 0 Å². The summed E-state index contributed by atoms with van der Waals surface area (Å²) in [6.45, 7) is 6.48. The van der Waals surface area contributed by atoms with Gasteiger partial charge in [-0.2, -0.15) is 0 Å². The molecule has 6 heteroatoms. The first-order chi connectivity index (χ1) is 29.5. The van der Waals surface area contributed by atoms with Crippen LogP contribution in [-0.2, 0) is 28.6 Å². The van der Waals surface area contributed by atoms with E-state index in [0.717, 1.165) is 83.5 Å². The van der Waals surface area contributed by atoms with Gasteiger partial charge >= 0.3 is 17.9 Å². The second-order valence-electron chi connectivity index (χ2n) is 17.4. The summed E-state index contributed by atoms with van der Waals surface area (Å²) in [7, 11) is 0. The van der Waals surface area contributed by atoms with Crippen LogP contribution in [0.15, 0.2) is 36.5 Å². The second kappa shape index (κ2) is 49.3. The van der Waals surface area contributed by atoms with Crippen molar-refractivity contribution in [2.45, 2.75) is 277 Å². The standard InChI is InChI=1S/C54H98O6/c1-4-7-10-13-16-18-20-22-23-24-25-26-27-28-29-30-32-33-35-38-41-44-47-53(56)59-50-51(49-58-52(55)46-43-40-37-15-12-9-6-3)60-54(57)48-45-42-39-36-34-31-21-19-17-14-11-8-5-2/h8,11,17,19,31,34,51H,4-7,9-10,12-16,18,20-30,32-33,35-50H2,1-3H3/b11-8-,19-17-,34-31-. The first-order valence-corrected chi connectivity index (χ1v) is 26.0. The molecular weight excluding hydrogens is 745 g/mol. The van der Waals surface area contributed by atoms with E-state index in [2.05, 4.69) is 57.2 Å². The van der Waals surface area contributed by atoms with Crippen molar-refractivity contribution in [1.82, 2.24) is 0 Å². The van der Waals surface area contributed by atoms with E-state index in [4.69, 9.17) is 14.2 Å². The van der Waals surface area contributed by atoms with E-state index in [1.165, 1.54) is 148 Å². The summed E-state index contributed by atoms with van der Waals surface area (Å²) in [6.07, 6.45) is 57.3. The third-order valence-electron chi connectivity index (χ3n) is 11.4. The molecule has 0 aromatic heterocycles. The van der Waals surface area contributed by atoms with Crippen molar-refractivity contribution in [1.29, 1.82) is 0 Å². The molecule has 0 rings (SSSR count). The third-order valence-corrected chi connectivity index (χ3v) is 11.4. The molecule has 0 heterocycles. The van der Waals surface area contributed by atoms with Crippen molar-refractivity contribution in [3.8, 4) is 0 Å². The molecule has 0 saturated heterocycles. The Hall–Kier alpha value is -2.37. The molecule has 6 nitrogen and oxygen atoms in total. The van der Waals surface area contributed by atoms with Gasteiger partial charge in [0, 0.05) is 19.3 Å². The Bertz CT molecular complexity index is 1020. The van der Waals surface area contributed by atoms with Crippen LogP contribution in [0.1, 0.15) is 271 Å². The summed E-state index contributed by atoms with van der Waals surface area (Å²) >= 11 is 0. The maximum Gasteiger partial charge on any atom is 0.306 e. The number of rotatable bonds is 47. The summed E-state index contributed by atoms with van der Waals surface area (Å²) in [5.41, 5.74) is 0. The smallest absolute Gasteiger partial charge is 0.306 e. The molecule has 60 heavy (non-hydrogen) atoms. The van der Waals surface area contributed by atoms with Crippen LogP contribution in [-0.4, -0.2) is 37.2 Å². The largest absolute Gasteiger partial charge is 0.462 e. The summed E-state index contributed by atoms with van der Waals surface area (Å²) in [5, 5.41) is 0. The zero-order valence-electron chi connectivity index (χ0n) is 40.0. The molecule has 1 atom stereocenters. The fraction of sp³-hybridized carbons (Fsp3) is 0.833. The van der Waals surface area contributed by atoms with E-state index in [9.17, 15) is 14.4 Å². The minimum atomic E-state index is -0.780. The van der Waals surface area contributed by atoms with E-state index in [1.807, 2.05) is 0 Å². The minimum absolute atomic E-state index is 0.0806. The van der Waals surface area contributed by atoms with Crippen LogP contribution >= 0.6 is 0 Å². The molecule has 0 spiro atoms. The highest BCUT2D eigenvalue weighted by Gasteiger charge is 2.19. The number of carbonyl (C=O) groups excluding carboxylic acids is 3. The van der Waals surface area contributed by atoms with Crippen LogP contribution in [0, 0.1) is 0 Å². The summed E-state index contributed by atoms with van der Waals surface area (Å²) in [5.74, 6) is -0.908. The van der Waals surface area contributed by atoms with Gasteiger partial charge < -0.3 is 14.2 Å². The lowest BCUT2D eigenvalue weighted by Gasteiger charge is -2.18. The Labute approximate surface area is 372 Å². The van der Waals surface area contributed by atoms with Gasteiger partial charge in [-0.1, -0.05) is 237 Å². The van der Waals surface area contributed by atoms with Gasteiger partial charge in [-0.15, -0.1) is 0 Å². The molecule has 0 saturated carbocycles. The van der Waals surface area contributed by atoms with E-state index in [-0.39, 0.29) is 31.1 Å². The number of hydrogen-bond acceptors (Lipinski definition) is 6. The van der Waals surface area contributed by atoms with Crippen molar-refractivity contribution in [3.63, 3.8) is 0 Å². The molecule has 0 fully saturated rings. The summed E-state index contributed by atoms with van der Waals surface area (Å²) in [4.78, 5) is 37.7. The average Bonchev–Trinajstić information content (AvgIpc) is 3.24. The van der Waals surface area contributed by atoms with Crippen molar-refractivity contribution in [2.75, 3.05) is 13.2 Å². The van der Waals surface area contributed by atoms with Crippen LogP contribution in [0.4, 0.5) is 0 Å². The summed E-state index contributed by atoms with van der Waals surface area (Å²) in [6, 6.07) is 0. The Kier molecular flexibility index (Phi) is 47.3. The van der Waals surface area contributed by atoms with Crippen LogP contribution < -0.4 is 0 Å². The molecule has 0 aliphatic rings. The normalized spacial score (nSPS) is 12.2. The molecule has 0 aliphatic heterocycles. The molecule has 350 valence electrons. The minimum Gasteiger partial charge on any atom is -0.462 e. The predicted octanol–water partition coefficient (Wildman–Crippen LogP) is 16.9. The third kappa shape index (κ3) is 46.7. The highest BCUT2D eigenvalue weighted by molar-refractivity contribution is 5.71. The molecule has 0 bridgehead atoms. The fourth-order valence-corrected chi connectivity index (χ4v) is 7.52. The molecule has 0 radical (unpaired) electrons. The number of ether oxygens (including phenoxy) is 3. The van der Waals surface area contributed by atoms with Crippen LogP contribution in [0.2, 0.25) is 0 Å². The maximum absolute atomic E-state index is 12.7. The van der Waals surface area contributed by atoms with Gasteiger partial charge in [0.15, 0.2) is 6.10 Å². The first-order valence-electron chi connectivity index (χ1n) is 26.0. The molecular formula is C54H98O6. The van der Waals surface area contributed by atoms with Gasteiger partial charge in [-0.05, 0) is 51.4 Å². The molecule has 1 unspecified atom stereocenters. The highest BCUT2D eigenvalue weighted by Crippen LogP contribution is 2.16. The van der Waals surface area contributed by atoms with Crippen molar-refractivity contribution in [2.24, 2.45) is 0 Å². The topological polar surface area (TPSA) is 78.9 Å². The molecule has 0 aliphatic carbocycles. The van der Waals surface area contributed by atoms with E-state index in [1.54, 1.807) is 0 Å². The monoisotopic (exact) mass is 843 g/mol. The van der Waals surface area contributed by atoms with Gasteiger partial charge in [0.05, 0.1) is 0 Å². The zero-order chi connectivity index (χ0) is 43.7. The van der Waals surface area contributed by atoms with Gasteiger partial charge in [0.1, 0.15) is 13.2 Å². The molecule has 0 amide bonds. The zero-order valence-corrected chi connectivity index (χ0v) is 40.0. The van der Waals surface area contributed by atoms with Gasteiger partial charge in [-0.3, -0.25) is 14.4 Å². The van der Waals surface area contributed by atoms with Gasteiger partial charge in [0.2, 0.25) is 0 Å². The number of carbonyl (C=O) groups is 3. The molecule has 0 aromatic carbocycles. The fourth-order valence-electron chi connectivity index (χ4n) is 7.52. The van der Waals surface area contributed by atoms with Crippen LogP contribution in [0.25, 0.3) is 0 Å². The lowest BCUT2D eigenvalue weighted by atomic mass is 10.0. The lowest BCUT2D eigenvalue weighted by molar-refractivity contribution is -0.167. The quantitative estimate of drug-likeness (QED) is 0.0263. The Balaban J connectivity index is 4.16. The van der Waals surface area contributed by atoms with Crippen molar-refractivity contribution < 1.29 is 28.6 Å². The Morgan fingerprint density at radius 2 is 0.650 bits per heavy atom. The van der Waals surface area contributed by atoms with Crippen molar-refractivity contribution >= 4 is 17.9 Å². The molecule has 0 aromatic rings. The molecule has 0 N–H and O–H groups in total. The first kappa shape index (κ1) is 57.6. The van der Waals surface area contributed by atoms with Gasteiger partial charge in [0.25, 0.3) is 0 Å². The maximum atomic E-state index is 12.7. The SMILES string of the molecule is CC/C=C\C/C=C\C/C=C\CCCCCC(=O)OC(COC(=O)CCCCCCCCC)COC(=O)CCCCCCCCCCCCCCCCCCCCCCCC. The van der Waals surface area contributed by atoms with E-state index in [0.29, 0.717) is 19.3 Å². The Morgan fingerprint density at radius 1 is 0.350 bits per heavy atom. The van der Waals surface area contributed by atoms with Crippen LogP contribution in [0.5, 0.6) is 0 Å². The van der Waals surface area contributed by atoms with Crippen LogP contribution in [0.3, 0.4) is 0 Å². The number of allylic oxidation sites excluding steroid dienone is 6. The second-order valence-corrected chi connectivity index (χ2v) is 17.4. The average molecular weight is 843 g/mol. The Morgan fingerprint density at radius 3 is 1.02 bits per heavy atom.